The Morgan fingerprint density at radius 2 is 1.54 bits per heavy atom. The third-order valence-electron chi connectivity index (χ3n) is 4.00. The number of nitrogens with zero attached hydrogens (tertiary/aromatic N) is 2. The van der Waals surface area contributed by atoms with Crippen molar-refractivity contribution in [3.8, 4) is 11.8 Å². The molecule has 28 heavy (non-hydrogen) atoms. The summed E-state index contributed by atoms with van der Waals surface area (Å²) >= 11 is 0. The van der Waals surface area contributed by atoms with Gasteiger partial charge in [0, 0.05) is 23.3 Å². The number of hydrogen-bond donors (Lipinski definition) is 0. The molecule has 0 saturated heterocycles. The Balaban J connectivity index is 2.18. The van der Waals surface area contributed by atoms with E-state index in [2.05, 4.69) is 9.97 Å². The molecule has 0 aliphatic heterocycles. The molecule has 0 bridgehead atoms. The van der Waals surface area contributed by atoms with Crippen LogP contribution in [-0.2, 0) is 19.1 Å². The number of fused-ring (bicyclic) bond motifs is 1. The van der Waals surface area contributed by atoms with Crippen LogP contribution in [0.4, 0.5) is 0 Å². The van der Waals surface area contributed by atoms with Crippen molar-refractivity contribution >= 4 is 22.7 Å². The third kappa shape index (κ3) is 4.09. The number of carbonyl (C=O) groups excluding carboxylic acids is 2. The summed E-state index contributed by atoms with van der Waals surface area (Å²) in [6, 6.07) is 12.7. The maximum atomic E-state index is 12.6. The van der Waals surface area contributed by atoms with E-state index in [0.29, 0.717) is 16.7 Å². The number of carbonyl (C=O) groups is 2. The Labute approximate surface area is 162 Å². The lowest BCUT2D eigenvalue weighted by molar-refractivity contribution is -0.157. The van der Waals surface area contributed by atoms with Crippen molar-refractivity contribution in [2.24, 2.45) is 0 Å². The zero-order valence-electron chi connectivity index (χ0n) is 15.6. The molecule has 3 aromatic rings. The van der Waals surface area contributed by atoms with Crippen molar-refractivity contribution < 1.29 is 23.8 Å². The molecule has 1 heterocycles. The predicted molar refractivity (Wildman–Crippen MR) is 102 cm³/mol. The van der Waals surface area contributed by atoms with Crippen molar-refractivity contribution in [3.05, 3.63) is 60.4 Å². The zero-order valence-corrected chi connectivity index (χ0v) is 15.6. The predicted octanol–water partition coefficient (Wildman–Crippen LogP) is 3.63. The molecule has 0 amide bonds. The first-order chi connectivity index (χ1) is 13.7. The minimum atomic E-state index is -1.27. The fourth-order valence-electron chi connectivity index (χ4n) is 2.83. The molecule has 0 aliphatic rings. The molecular weight excluding hydrogens is 360 g/mol. The molecule has 0 saturated carbocycles. The van der Waals surface area contributed by atoms with Crippen LogP contribution in [0.25, 0.3) is 10.8 Å². The van der Waals surface area contributed by atoms with Gasteiger partial charge < -0.3 is 14.2 Å². The Bertz CT molecular complexity index is 957. The molecule has 0 spiro atoms. The summed E-state index contributed by atoms with van der Waals surface area (Å²) in [5, 5.41) is 1.59. The van der Waals surface area contributed by atoms with E-state index >= 15 is 0 Å². The van der Waals surface area contributed by atoms with E-state index in [-0.39, 0.29) is 19.2 Å². The second kappa shape index (κ2) is 8.94. The van der Waals surface area contributed by atoms with E-state index in [4.69, 9.17) is 14.2 Å². The Hall–Kier alpha value is -3.48. The van der Waals surface area contributed by atoms with Gasteiger partial charge >= 0.3 is 17.9 Å². The maximum Gasteiger partial charge on any atom is 0.325 e. The van der Waals surface area contributed by atoms with E-state index in [1.165, 1.54) is 0 Å². The number of rotatable bonds is 7. The number of aromatic nitrogens is 2. The SMILES string of the molecule is CCOC(=O)C(C(=O)OCC)c1ccc2ccccc2c1Oc1ncccn1. The molecule has 0 unspecified atom stereocenters. The summed E-state index contributed by atoms with van der Waals surface area (Å²) in [6.07, 6.45) is 3.09. The number of ether oxygens (including phenoxy) is 3. The van der Waals surface area contributed by atoms with E-state index < -0.39 is 17.9 Å². The van der Waals surface area contributed by atoms with Crippen molar-refractivity contribution in [1.82, 2.24) is 9.97 Å². The first-order valence-corrected chi connectivity index (χ1v) is 8.95. The lowest BCUT2D eigenvalue weighted by Gasteiger charge is -2.19. The van der Waals surface area contributed by atoms with Gasteiger partial charge in [-0.05, 0) is 25.3 Å². The van der Waals surface area contributed by atoms with E-state index in [1.54, 1.807) is 38.4 Å². The number of benzene rings is 2. The van der Waals surface area contributed by atoms with Gasteiger partial charge in [-0.1, -0.05) is 36.4 Å². The average molecular weight is 380 g/mol. The largest absolute Gasteiger partial charge is 0.465 e. The fourth-order valence-corrected chi connectivity index (χ4v) is 2.83. The quantitative estimate of drug-likeness (QED) is 0.457. The maximum absolute atomic E-state index is 12.6. The molecule has 2 aromatic carbocycles. The van der Waals surface area contributed by atoms with Crippen LogP contribution in [0.15, 0.2) is 54.9 Å². The van der Waals surface area contributed by atoms with Gasteiger partial charge in [-0.15, -0.1) is 0 Å². The molecule has 0 fully saturated rings. The summed E-state index contributed by atoms with van der Waals surface area (Å²) in [7, 11) is 0. The normalized spacial score (nSPS) is 10.7. The van der Waals surface area contributed by atoms with Gasteiger partial charge in [-0.3, -0.25) is 9.59 Å². The van der Waals surface area contributed by atoms with Crippen molar-refractivity contribution in [2.45, 2.75) is 19.8 Å². The van der Waals surface area contributed by atoms with Gasteiger partial charge in [-0.2, -0.15) is 0 Å². The van der Waals surface area contributed by atoms with Crippen LogP contribution in [-0.4, -0.2) is 35.1 Å². The van der Waals surface area contributed by atoms with Gasteiger partial charge in [-0.25, -0.2) is 9.97 Å². The molecule has 3 rings (SSSR count). The van der Waals surface area contributed by atoms with E-state index in [1.807, 2.05) is 30.3 Å². The Kier molecular flexibility index (Phi) is 6.16. The first kappa shape index (κ1) is 19.3. The fraction of sp³-hybridized carbons (Fsp3) is 0.238. The molecular formula is C21H20N2O5. The summed E-state index contributed by atoms with van der Waals surface area (Å²) < 4.78 is 16.2. The standard InChI is InChI=1S/C21H20N2O5/c1-3-26-19(24)17(20(25)27-4-2)16-11-10-14-8-5-6-9-15(14)18(16)28-21-22-12-7-13-23-21/h5-13,17H,3-4H2,1-2H3. The molecule has 7 heteroatoms. The zero-order chi connectivity index (χ0) is 19.9. The molecule has 0 atom stereocenters. The third-order valence-corrected chi connectivity index (χ3v) is 4.00. The molecule has 0 radical (unpaired) electrons. The van der Waals surface area contributed by atoms with Crippen LogP contribution in [0.3, 0.4) is 0 Å². The van der Waals surface area contributed by atoms with Gasteiger partial charge in [0.1, 0.15) is 5.75 Å². The molecule has 0 aliphatic carbocycles. The monoisotopic (exact) mass is 380 g/mol. The lowest BCUT2D eigenvalue weighted by Crippen LogP contribution is -2.26. The van der Waals surface area contributed by atoms with Crippen molar-refractivity contribution in [2.75, 3.05) is 13.2 Å². The van der Waals surface area contributed by atoms with Gasteiger partial charge in [0.15, 0.2) is 5.92 Å². The summed E-state index contributed by atoms with van der Waals surface area (Å²) in [5.41, 5.74) is 0.336. The Morgan fingerprint density at radius 3 is 2.18 bits per heavy atom. The van der Waals surface area contributed by atoms with Crippen LogP contribution in [0.5, 0.6) is 11.8 Å². The number of esters is 2. The molecule has 7 nitrogen and oxygen atoms in total. The van der Waals surface area contributed by atoms with Crippen molar-refractivity contribution in [3.63, 3.8) is 0 Å². The topological polar surface area (TPSA) is 87.6 Å². The highest BCUT2D eigenvalue weighted by Gasteiger charge is 2.35. The summed E-state index contributed by atoms with van der Waals surface area (Å²) in [4.78, 5) is 33.3. The summed E-state index contributed by atoms with van der Waals surface area (Å²) in [5.74, 6) is -2.36. The molecule has 0 N–H and O–H groups in total. The van der Waals surface area contributed by atoms with Crippen molar-refractivity contribution in [1.29, 1.82) is 0 Å². The van der Waals surface area contributed by atoms with Crippen LogP contribution in [0, 0.1) is 0 Å². The highest BCUT2D eigenvalue weighted by molar-refractivity contribution is 6.03. The molecule has 1 aromatic heterocycles. The average Bonchev–Trinajstić information content (AvgIpc) is 2.71. The smallest absolute Gasteiger partial charge is 0.325 e. The van der Waals surface area contributed by atoms with Crippen LogP contribution < -0.4 is 4.74 Å². The van der Waals surface area contributed by atoms with Gasteiger partial charge in [0.2, 0.25) is 0 Å². The van der Waals surface area contributed by atoms with Crippen LogP contribution in [0.2, 0.25) is 0 Å². The molecule has 144 valence electrons. The minimum Gasteiger partial charge on any atom is -0.465 e. The van der Waals surface area contributed by atoms with E-state index in [0.717, 1.165) is 5.39 Å². The lowest BCUT2D eigenvalue weighted by atomic mass is 9.94. The van der Waals surface area contributed by atoms with Crippen LogP contribution in [0.1, 0.15) is 25.3 Å². The minimum absolute atomic E-state index is 0.103. The summed E-state index contributed by atoms with van der Waals surface area (Å²) in [6.45, 7) is 3.63. The second-order valence-corrected chi connectivity index (χ2v) is 5.78. The first-order valence-electron chi connectivity index (χ1n) is 8.95. The van der Waals surface area contributed by atoms with Crippen LogP contribution >= 0.6 is 0 Å². The van der Waals surface area contributed by atoms with Gasteiger partial charge in [0.25, 0.3) is 0 Å². The highest BCUT2D eigenvalue weighted by Crippen LogP contribution is 2.37. The van der Waals surface area contributed by atoms with Gasteiger partial charge in [0.05, 0.1) is 13.2 Å². The highest BCUT2D eigenvalue weighted by atomic mass is 16.6. The Morgan fingerprint density at radius 1 is 0.893 bits per heavy atom. The number of hydrogen-bond acceptors (Lipinski definition) is 7. The van der Waals surface area contributed by atoms with E-state index in [9.17, 15) is 9.59 Å². The second-order valence-electron chi connectivity index (χ2n) is 5.78.